The van der Waals surface area contributed by atoms with E-state index >= 15 is 0 Å². The zero-order valence-electron chi connectivity index (χ0n) is 38.1. The summed E-state index contributed by atoms with van der Waals surface area (Å²) in [7, 11) is 0. The van der Waals surface area contributed by atoms with Crippen LogP contribution >= 0.6 is 0 Å². The third-order valence-corrected chi connectivity index (χ3v) is 16.2. The van der Waals surface area contributed by atoms with Crippen molar-refractivity contribution in [3.8, 4) is 22.3 Å². The zero-order chi connectivity index (χ0) is 43.7. The second kappa shape index (κ2) is 12.4. The largest absolute Gasteiger partial charge is 0.310 e. The first kappa shape index (κ1) is 37.6. The fraction of sp³-hybridized carbons (Fsp3) is 0.194. The lowest BCUT2D eigenvalue weighted by atomic mass is 9.71. The summed E-state index contributed by atoms with van der Waals surface area (Å²) in [4.78, 5) is 5.07. The molecule has 2 nitrogen and oxygen atoms in total. The number of hydrogen-bond acceptors (Lipinski definition) is 2. The van der Waals surface area contributed by atoms with Crippen LogP contribution < -0.4 is 9.80 Å². The summed E-state index contributed by atoms with van der Waals surface area (Å²) in [5.41, 5.74) is 23.4. The molecule has 0 saturated heterocycles. The summed E-state index contributed by atoms with van der Waals surface area (Å²) in [6.45, 7) is 19.1. The SMILES string of the molecule is CC1(C)c2ccccc2-c2cc3c(cc21)N(c1ccc2c(ccc4cc(N5c6ccccc6C(C)(C)c6cc7c(cc65)C(C)(C)c5ccccc5-7)ccc42)c1)c1ccccc1C3(C)C. The number of nitrogens with zero attached hydrogens (tertiary/aromatic N) is 2. The Morgan fingerprint density at radius 3 is 1.05 bits per heavy atom. The summed E-state index contributed by atoms with van der Waals surface area (Å²) in [5.74, 6) is 0. The molecule has 4 aliphatic rings. The highest BCUT2D eigenvalue weighted by molar-refractivity contribution is 6.10. The van der Waals surface area contributed by atoms with Gasteiger partial charge >= 0.3 is 0 Å². The topological polar surface area (TPSA) is 6.48 Å². The highest BCUT2D eigenvalue weighted by Gasteiger charge is 2.44. The maximum Gasteiger partial charge on any atom is 0.0506 e. The third-order valence-electron chi connectivity index (χ3n) is 16.2. The molecule has 2 aliphatic carbocycles. The van der Waals surface area contributed by atoms with E-state index in [1.165, 1.54) is 122 Å². The van der Waals surface area contributed by atoms with Gasteiger partial charge in [-0.2, -0.15) is 0 Å². The predicted molar refractivity (Wildman–Crippen MR) is 270 cm³/mol. The van der Waals surface area contributed by atoms with E-state index in [-0.39, 0.29) is 21.7 Å². The van der Waals surface area contributed by atoms with Crippen molar-refractivity contribution in [1.82, 2.24) is 0 Å². The van der Waals surface area contributed by atoms with Gasteiger partial charge in [-0.05, 0) is 149 Å². The Hall–Kier alpha value is -6.90. The molecule has 0 N–H and O–H groups in total. The average Bonchev–Trinajstić information content (AvgIpc) is 3.67. The highest BCUT2D eigenvalue weighted by Crippen LogP contribution is 2.60. The van der Waals surface area contributed by atoms with Gasteiger partial charge in [0, 0.05) is 33.0 Å². The van der Waals surface area contributed by atoms with Crippen LogP contribution in [0.25, 0.3) is 43.8 Å². The first-order chi connectivity index (χ1) is 30.8. The van der Waals surface area contributed by atoms with Crippen LogP contribution in [0, 0.1) is 0 Å². The molecule has 2 heteroatoms. The Morgan fingerprint density at radius 2 is 0.625 bits per heavy atom. The quantitative estimate of drug-likeness (QED) is 0.160. The maximum atomic E-state index is 2.53. The third kappa shape index (κ3) is 4.76. The first-order valence-electron chi connectivity index (χ1n) is 23.1. The average molecular weight is 825 g/mol. The lowest BCUT2D eigenvalue weighted by Crippen LogP contribution is -2.31. The van der Waals surface area contributed by atoms with Gasteiger partial charge in [-0.3, -0.25) is 0 Å². The second-order valence-corrected chi connectivity index (χ2v) is 21.0. The van der Waals surface area contributed by atoms with Gasteiger partial charge in [0.15, 0.2) is 0 Å². The van der Waals surface area contributed by atoms with Crippen LogP contribution in [-0.2, 0) is 21.7 Å². The van der Waals surface area contributed by atoms with Crippen molar-refractivity contribution in [2.24, 2.45) is 0 Å². The molecule has 0 fully saturated rings. The molecule has 0 radical (unpaired) electrons. The Morgan fingerprint density at radius 1 is 0.266 bits per heavy atom. The van der Waals surface area contributed by atoms with E-state index in [1.54, 1.807) is 0 Å². The molecule has 0 bridgehead atoms. The van der Waals surface area contributed by atoms with Crippen molar-refractivity contribution >= 4 is 55.7 Å². The number of fused-ring (bicyclic) bond motifs is 13. The van der Waals surface area contributed by atoms with Crippen LogP contribution in [0.15, 0.2) is 170 Å². The summed E-state index contributed by atoms with van der Waals surface area (Å²) in [5, 5.41) is 5.01. The number of benzene rings is 9. The van der Waals surface area contributed by atoms with Crippen molar-refractivity contribution in [1.29, 1.82) is 0 Å². The van der Waals surface area contributed by atoms with E-state index < -0.39 is 0 Å². The minimum Gasteiger partial charge on any atom is -0.310 e. The minimum absolute atomic E-state index is 0.0913. The van der Waals surface area contributed by atoms with Gasteiger partial charge in [-0.1, -0.05) is 165 Å². The van der Waals surface area contributed by atoms with Crippen molar-refractivity contribution in [3.05, 3.63) is 214 Å². The Balaban J connectivity index is 0.953. The van der Waals surface area contributed by atoms with Crippen molar-refractivity contribution in [2.75, 3.05) is 9.80 Å². The van der Waals surface area contributed by atoms with E-state index in [4.69, 9.17) is 0 Å². The van der Waals surface area contributed by atoms with Gasteiger partial charge in [0.05, 0.1) is 22.7 Å². The lowest BCUT2D eigenvalue weighted by molar-refractivity contribution is 0.627. The molecular weight excluding hydrogens is 773 g/mol. The molecule has 0 aromatic heterocycles. The van der Waals surface area contributed by atoms with Crippen LogP contribution in [0.3, 0.4) is 0 Å². The number of anilines is 6. The highest BCUT2D eigenvalue weighted by atomic mass is 15.2. The monoisotopic (exact) mass is 824 g/mol. The Labute approximate surface area is 377 Å². The van der Waals surface area contributed by atoms with Crippen LogP contribution in [0.2, 0.25) is 0 Å². The van der Waals surface area contributed by atoms with E-state index in [9.17, 15) is 0 Å². The molecule has 9 aromatic carbocycles. The summed E-state index contributed by atoms with van der Waals surface area (Å²) >= 11 is 0. The summed E-state index contributed by atoms with van der Waals surface area (Å²) in [6, 6.07) is 65.0. The van der Waals surface area contributed by atoms with Crippen LogP contribution in [-0.4, -0.2) is 0 Å². The molecule has 64 heavy (non-hydrogen) atoms. The molecule has 0 unspecified atom stereocenters. The molecular formula is C62H52N2. The fourth-order valence-electron chi connectivity index (χ4n) is 12.7. The summed E-state index contributed by atoms with van der Waals surface area (Å²) in [6.07, 6.45) is 0. The maximum absolute atomic E-state index is 2.53. The van der Waals surface area contributed by atoms with Gasteiger partial charge < -0.3 is 9.80 Å². The van der Waals surface area contributed by atoms with E-state index in [0.717, 1.165) is 0 Å². The Kier molecular flexibility index (Phi) is 7.30. The fourth-order valence-corrected chi connectivity index (χ4v) is 12.7. The van der Waals surface area contributed by atoms with Gasteiger partial charge in [-0.25, -0.2) is 0 Å². The smallest absolute Gasteiger partial charge is 0.0506 e. The van der Waals surface area contributed by atoms with Crippen LogP contribution in [0.1, 0.15) is 99.9 Å². The molecule has 13 rings (SSSR count). The zero-order valence-corrected chi connectivity index (χ0v) is 38.1. The number of hydrogen-bond donors (Lipinski definition) is 0. The van der Waals surface area contributed by atoms with Crippen molar-refractivity contribution in [3.63, 3.8) is 0 Å². The predicted octanol–water partition coefficient (Wildman–Crippen LogP) is 16.8. The normalized spacial score (nSPS) is 17.2. The number of para-hydroxylation sites is 2. The number of rotatable bonds is 2. The molecule has 2 heterocycles. The Bertz CT molecular complexity index is 3290. The van der Waals surface area contributed by atoms with Crippen LogP contribution in [0.5, 0.6) is 0 Å². The van der Waals surface area contributed by atoms with E-state index in [0.29, 0.717) is 0 Å². The molecule has 0 saturated carbocycles. The first-order valence-corrected chi connectivity index (χ1v) is 23.1. The van der Waals surface area contributed by atoms with Gasteiger partial charge in [0.25, 0.3) is 0 Å². The van der Waals surface area contributed by atoms with Crippen molar-refractivity contribution in [2.45, 2.75) is 77.0 Å². The molecule has 9 aromatic rings. The van der Waals surface area contributed by atoms with Crippen LogP contribution in [0.4, 0.5) is 34.1 Å². The van der Waals surface area contributed by atoms with Gasteiger partial charge in [-0.15, -0.1) is 0 Å². The van der Waals surface area contributed by atoms with E-state index in [2.05, 4.69) is 235 Å². The molecule has 0 amide bonds. The molecule has 2 aliphatic heterocycles. The van der Waals surface area contributed by atoms with Gasteiger partial charge in [0.2, 0.25) is 0 Å². The minimum atomic E-state index is -0.170. The van der Waals surface area contributed by atoms with Gasteiger partial charge in [0.1, 0.15) is 0 Å². The molecule has 0 atom stereocenters. The van der Waals surface area contributed by atoms with Crippen molar-refractivity contribution < 1.29 is 0 Å². The molecule has 310 valence electrons. The lowest BCUT2D eigenvalue weighted by Gasteiger charge is -2.43. The summed E-state index contributed by atoms with van der Waals surface area (Å²) < 4.78 is 0. The van der Waals surface area contributed by atoms with E-state index in [1.807, 2.05) is 0 Å². The molecule has 0 spiro atoms. The second-order valence-electron chi connectivity index (χ2n) is 21.0. The standard InChI is InChI=1S/C62H52N2/c1-59(2)47-19-11-9-17-43(47)45-33-53-57(35-51(45)59)63(55-23-15-13-21-49(55)61(53,5)6)39-27-29-41-37(31-39)25-26-38-32-40(28-30-42(38)41)64-56-24-16-14-22-50(56)62(7,8)54-34-46-44-18-10-12-20-48(44)60(3,4)52(46)36-58(54)64/h9-36H,1-8H3.